The van der Waals surface area contributed by atoms with Gasteiger partial charge in [0.05, 0.1) is 6.54 Å². The zero-order chi connectivity index (χ0) is 13.3. The Hall–Kier alpha value is -2.08. The maximum Gasteiger partial charge on any atom is 0.337 e. The van der Waals surface area contributed by atoms with E-state index in [4.69, 9.17) is 9.52 Å². The van der Waals surface area contributed by atoms with E-state index in [0.717, 1.165) is 5.56 Å². The summed E-state index contributed by atoms with van der Waals surface area (Å²) in [4.78, 5) is 14.9. The molecule has 0 amide bonds. The Labute approximate surface area is 103 Å². The number of carboxylic acids is 1. The first kappa shape index (κ1) is 12.4. The zero-order valence-corrected chi connectivity index (χ0v) is 10.1. The molecule has 0 saturated heterocycles. The molecule has 3 N–H and O–H groups in total. The molecular formula is C12H14N2O4. The fourth-order valence-electron chi connectivity index (χ4n) is 1.44. The smallest absolute Gasteiger partial charge is 0.337 e. The van der Waals surface area contributed by atoms with E-state index in [0.29, 0.717) is 11.1 Å². The zero-order valence-electron chi connectivity index (χ0n) is 10.1. The van der Waals surface area contributed by atoms with E-state index in [1.54, 1.807) is 6.07 Å². The molecule has 6 heteroatoms. The van der Waals surface area contributed by atoms with Gasteiger partial charge >= 0.3 is 5.97 Å². The maximum absolute atomic E-state index is 10.7. The fraction of sp³-hybridized carbons (Fsp3) is 0.333. The van der Waals surface area contributed by atoms with Crippen LogP contribution in [0.5, 0.6) is 0 Å². The van der Waals surface area contributed by atoms with Crippen molar-refractivity contribution in [2.45, 2.75) is 19.4 Å². The van der Waals surface area contributed by atoms with Crippen molar-refractivity contribution in [3.8, 4) is 0 Å². The van der Waals surface area contributed by atoms with Crippen molar-refractivity contribution in [3.63, 3.8) is 0 Å². The maximum atomic E-state index is 10.7. The van der Waals surface area contributed by atoms with Crippen LogP contribution in [0.2, 0.25) is 0 Å². The number of oxazole rings is 1. The fourth-order valence-corrected chi connectivity index (χ4v) is 1.44. The summed E-state index contributed by atoms with van der Waals surface area (Å²) in [7, 11) is 0. The highest BCUT2D eigenvalue weighted by Crippen LogP contribution is 2.20. The number of rotatable bonds is 4. The van der Waals surface area contributed by atoms with Crippen molar-refractivity contribution < 1.29 is 19.4 Å². The third-order valence-electron chi connectivity index (χ3n) is 2.59. The van der Waals surface area contributed by atoms with Crippen LogP contribution in [0.25, 0.3) is 11.1 Å². The van der Waals surface area contributed by atoms with Crippen molar-refractivity contribution in [2.24, 2.45) is 0 Å². The molecule has 0 aliphatic rings. The van der Waals surface area contributed by atoms with Gasteiger partial charge in [0.15, 0.2) is 11.2 Å². The van der Waals surface area contributed by atoms with Gasteiger partial charge in [-0.2, -0.15) is 4.98 Å². The Morgan fingerprint density at radius 1 is 1.56 bits per heavy atom. The van der Waals surface area contributed by atoms with Gasteiger partial charge in [0, 0.05) is 0 Å². The SMILES string of the molecule is Cc1ccc2oc(NCC(C)(O)C(=O)O)nc2c1. The van der Waals surface area contributed by atoms with Crippen LogP contribution < -0.4 is 5.32 Å². The molecule has 96 valence electrons. The number of anilines is 1. The van der Waals surface area contributed by atoms with Gasteiger partial charge in [-0.3, -0.25) is 0 Å². The Bertz CT molecular complexity index is 589. The lowest BCUT2D eigenvalue weighted by molar-refractivity contribution is -0.155. The molecule has 0 fully saturated rings. The highest BCUT2D eigenvalue weighted by molar-refractivity contribution is 5.78. The Balaban J connectivity index is 2.15. The number of aromatic nitrogens is 1. The van der Waals surface area contributed by atoms with Crippen LogP contribution in [-0.4, -0.2) is 33.3 Å². The van der Waals surface area contributed by atoms with E-state index in [2.05, 4.69) is 10.3 Å². The van der Waals surface area contributed by atoms with E-state index in [1.165, 1.54) is 6.92 Å². The lowest BCUT2D eigenvalue weighted by Crippen LogP contribution is -2.41. The largest absolute Gasteiger partial charge is 0.479 e. The average Bonchev–Trinajstić information content (AvgIpc) is 2.68. The number of carbonyl (C=O) groups is 1. The van der Waals surface area contributed by atoms with Crippen molar-refractivity contribution in [1.82, 2.24) is 4.98 Å². The lowest BCUT2D eigenvalue weighted by Gasteiger charge is -2.17. The Morgan fingerprint density at radius 2 is 2.28 bits per heavy atom. The van der Waals surface area contributed by atoms with Gasteiger partial charge in [-0.05, 0) is 31.5 Å². The summed E-state index contributed by atoms with van der Waals surface area (Å²) in [6, 6.07) is 5.74. The topological polar surface area (TPSA) is 95.6 Å². The van der Waals surface area contributed by atoms with Gasteiger partial charge in [0.1, 0.15) is 5.52 Å². The second-order valence-electron chi connectivity index (χ2n) is 4.42. The quantitative estimate of drug-likeness (QED) is 0.758. The van der Waals surface area contributed by atoms with Crippen LogP contribution in [0, 0.1) is 6.92 Å². The van der Waals surface area contributed by atoms with Crippen molar-refractivity contribution >= 4 is 23.1 Å². The number of nitrogens with zero attached hydrogens (tertiary/aromatic N) is 1. The van der Waals surface area contributed by atoms with E-state index in [9.17, 15) is 9.90 Å². The minimum atomic E-state index is -1.86. The number of carboxylic acid groups (broad SMARTS) is 1. The van der Waals surface area contributed by atoms with Crippen LogP contribution in [0.15, 0.2) is 22.6 Å². The third kappa shape index (κ3) is 2.43. The van der Waals surface area contributed by atoms with Gasteiger partial charge < -0.3 is 19.9 Å². The molecule has 0 radical (unpaired) electrons. The minimum absolute atomic E-state index is 0.186. The van der Waals surface area contributed by atoms with E-state index >= 15 is 0 Å². The monoisotopic (exact) mass is 250 g/mol. The first-order valence-electron chi connectivity index (χ1n) is 5.45. The van der Waals surface area contributed by atoms with Crippen LogP contribution in [0.3, 0.4) is 0 Å². The summed E-state index contributed by atoms with van der Waals surface area (Å²) in [6.07, 6.45) is 0. The van der Waals surface area contributed by atoms with Crippen LogP contribution in [-0.2, 0) is 4.79 Å². The molecule has 2 rings (SSSR count). The Kier molecular flexibility index (Phi) is 2.96. The van der Waals surface area contributed by atoms with Crippen LogP contribution in [0.4, 0.5) is 6.01 Å². The summed E-state index contributed by atoms with van der Waals surface area (Å²) in [5.74, 6) is -1.30. The second kappa shape index (κ2) is 4.30. The molecule has 1 heterocycles. The standard InChI is InChI=1S/C12H14N2O4/c1-7-3-4-9-8(5-7)14-11(18-9)13-6-12(2,17)10(15)16/h3-5,17H,6H2,1-2H3,(H,13,14)(H,15,16). The van der Waals surface area contributed by atoms with Gasteiger partial charge in [0.25, 0.3) is 6.01 Å². The molecule has 2 aromatic rings. The summed E-state index contributed by atoms with van der Waals surface area (Å²) in [5, 5.41) is 21.0. The number of nitrogens with one attached hydrogen (secondary N) is 1. The molecule has 6 nitrogen and oxygen atoms in total. The molecule has 0 aliphatic heterocycles. The molecule has 1 atom stereocenters. The summed E-state index contributed by atoms with van der Waals surface area (Å²) < 4.78 is 5.37. The van der Waals surface area contributed by atoms with Crippen molar-refractivity contribution in [3.05, 3.63) is 23.8 Å². The summed E-state index contributed by atoms with van der Waals surface area (Å²) in [6.45, 7) is 2.96. The molecule has 1 aromatic carbocycles. The Morgan fingerprint density at radius 3 is 2.94 bits per heavy atom. The average molecular weight is 250 g/mol. The van der Waals surface area contributed by atoms with E-state index < -0.39 is 11.6 Å². The number of aliphatic carboxylic acids is 1. The van der Waals surface area contributed by atoms with E-state index in [-0.39, 0.29) is 12.6 Å². The van der Waals surface area contributed by atoms with Gasteiger partial charge in [0.2, 0.25) is 0 Å². The number of benzene rings is 1. The number of hydrogen-bond acceptors (Lipinski definition) is 5. The van der Waals surface area contributed by atoms with Crippen molar-refractivity contribution in [2.75, 3.05) is 11.9 Å². The lowest BCUT2D eigenvalue weighted by atomic mass is 10.1. The number of fused-ring (bicyclic) bond motifs is 1. The van der Waals surface area contributed by atoms with Crippen LogP contribution >= 0.6 is 0 Å². The third-order valence-corrected chi connectivity index (χ3v) is 2.59. The molecule has 0 spiro atoms. The second-order valence-corrected chi connectivity index (χ2v) is 4.42. The summed E-state index contributed by atoms with van der Waals surface area (Å²) >= 11 is 0. The highest BCUT2D eigenvalue weighted by Gasteiger charge is 2.30. The number of aliphatic hydroxyl groups is 1. The number of hydrogen-bond donors (Lipinski definition) is 3. The molecule has 0 aliphatic carbocycles. The first-order valence-corrected chi connectivity index (χ1v) is 5.45. The molecule has 1 aromatic heterocycles. The molecule has 18 heavy (non-hydrogen) atoms. The molecular weight excluding hydrogens is 236 g/mol. The molecule has 0 saturated carbocycles. The van der Waals surface area contributed by atoms with E-state index in [1.807, 2.05) is 19.1 Å². The minimum Gasteiger partial charge on any atom is -0.479 e. The number of aryl methyl sites for hydroxylation is 1. The van der Waals surface area contributed by atoms with Crippen LogP contribution in [0.1, 0.15) is 12.5 Å². The molecule has 0 bridgehead atoms. The normalized spacial score (nSPS) is 14.4. The highest BCUT2D eigenvalue weighted by atomic mass is 16.4. The first-order chi connectivity index (χ1) is 8.38. The molecule has 1 unspecified atom stereocenters. The predicted molar refractivity (Wildman–Crippen MR) is 65.5 cm³/mol. The van der Waals surface area contributed by atoms with Gasteiger partial charge in [-0.1, -0.05) is 6.07 Å². The predicted octanol–water partition coefficient (Wildman–Crippen LogP) is 1.38. The summed E-state index contributed by atoms with van der Waals surface area (Å²) in [5.41, 5.74) is 0.488. The van der Waals surface area contributed by atoms with Crippen molar-refractivity contribution in [1.29, 1.82) is 0 Å². The van der Waals surface area contributed by atoms with Gasteiger partial charge in [-0.15, -0.1) is 0 Å². The van der Waals surface area contributed by atoms with Gasteiger partial charge in [-0.25, -0.2) is 4.79 Å².